The number of phenolic OH excluding ortho intramolecular Hbond substituents is 1. The highest BCUT2D eigenvalue weighted by Gasteiger charge is 2.64. The number of aliphatic hydroxyl groups excluding tert-OH is 2. The summed E-state index contributed by atoms with van der Waals surface area (Å²) in [7, 11) is 3.07. The van der Waals surface area contributed by atoms with Gasteiger partial charge >= 0.3 is 6.09 Å². The molecule has 1 aromatic carbocycles. The summed E-state index contributed by atoms with van der Waals surface area (Å²) in [6, 6.07) is 1.72. The Balaban J connectivity index is 1.83. The first-order chi connectivity index (χ1) is 17.9. The zero-order chi connectivity index (χ0) is 28.1. The Morgan fingerprint density at radius 3 is 2.50 bits per heavy atom. The lowest BCUT2D eigenvalue weighted by Gasteiger charge is -2.50. The zero-order valence-corrected chi connectivity index (χ0v) is 21.3. The van der Waals surface area contributed by atoms with E-state index < -0.39 is 64.1 Å². The first kappa shape index (κ1) is 27.1. The summed E-state index contributed by atoms with van der Waals surface area (Å²) in [5.41, 5.74) is 2.53. The number of carbonyl (C=O) groups excluding carboxylic acids is 4. The molecule has 0 spiro atoms. The number of amides is 2. The van der Waals surface area contributed by atoms with Crippen molar-refractivity contribution in [3.63, 3.8) is 0 Å². The van der Waals surface area contributed by atoms with E-state index in [2.05, 4.69) is 5.32 Å². The van der Waals surface area contributed by atoms with Gasteiger partial charge in [0.1, 0.15) is 22.8 Å². The number of rotatable bonds is 6. The smallest absolute Gasteiger partial charge is 0.407 e. The zero-order valence-electron chi connectivity index (χ0n) is 21.3. The molecule has 0 bridgehead atoms. The van der Waals surface area contributed by atoms with Crippen LogP contribution in [0.1, 0.15) is 36.5 Å². The number of hydrogen-bond acceptors (Lipinski definition) is 10. The molecule has 12 heteroatoms. The van der Waals surface area contributed by atoms with Crippen molar-refractivity contribution in [1.82, 2.24) is 10.2 Å². The van der Waals surface area contributed by atoms with Crippen LogP contribution < -0.4 is 11.1 Å². The SMILES string of the molecule is CCCOC(=O)NCc1ccc(O)c2c1C[C@H]1C[C@H]3[C@H](N(C)C)C(=O)C(C(N)=O)=C(O)[C@@]3(O)C(=O)C1=C2O. The van der Waals surface area contributed by atoms with E-state index in [-0.39, 0.29) is 42.9 Å². The van der Waals surface area contributed by atoms with Crippen molar-refractivity contribution in [2.75, 3.05) is 20.7 Å². The number of ether oxygens (including phenoxy) is 1. The molecule has 0 radical (unpaired) electrons. The number of nitrogens with zero attached hydrogens (tertiary/aromatic N) is 1. The summed E-state index contributed by atoms with van der Waals surface area (Å²) in [5, 5.41) is 46.9. The van der Waals surface area contributed by atoms with Gasteiger partial charge in [-0.3, -0.25) is 19.3 Å². The van der Waals surface area contributed by atoms with Crippen LogP contribution in [0.25, 0.3) is 5.76 Å². The second-order valence-corrected chi connectivity index (χ2v) is 10.0. The third-order valence-corrected chi connectivity index (χ3v) is 7.56. The molecule has 1 aromatic rings. The largest absolute Gasteiger partial charge is 0.508 e. The van der Waals surface area contributed by atoms with Crippen LogP contribution in [0.4, 0.5) is 4.79 Å². The number of benzene rings is 1. The molecule has 0 heterocycles. The lowest BCUT2D eigenvalue weighted by Crippen LogP contribution is -2.65. The molecule has 4 atom stereocenters. The molecule has 38 heavy (non-hydrogen) atoms. The van der Waals surface area contributed by atoms with Crippen molar-refractivity contribution in [1.29, 1.82) is 0 Å². The first-order valence-corrected chi connectivity index (χ1v) is 12.2. The van der Waals surface area contributed by atoms with Crippen LogP contribution in [0, 0.1) is 11.8 Å². The minimum atomic E-state index is -2.69. The van der Waals surface area contributed by atoms with Crippen molar-refractivity contribution < 1.29 is 44.3 Å². The summed E-state index contributed by atoms with van der Waals surface area (Å²) in [4.78, 5) is 52.4. The van der Waals surface area contributed by atoms with Gasteiger partial charge in [0.25, 0.3) is 5.91 Å². The third-order valence-electron chi connectivity index (χ3n) is 7.56. The Bertz CT molecular complexity index is 1300. The predicted octanol–water partition coefficient (Wildman–Crippen LogP) is 0.600. The number of phenols is 1. The van der Waals surface area contributed by atoms with E-state index in [9.17, 15) is 39.6 Å². The Kier molecular flexibility index (Phi) is 6.97. The normalized spacial score (nSPS) is 26.6. The van der Waals surface area contributed by atoms with Gasteiger partial charge in [0.15, 0.2) is 11.4 Å². The number of ketones is 2. The Labute approximate surface area is 218 Å². The number of aromatic hydroxyl groups is 1. The number of Topliss-reactive ketones (excluding diaryl/α,β-unsaturated/α-hetero) is 2. The average molecular weight is 530 g/mol. The van der Waals surface area contributed by atoms with Gasteiger partial charge in [0.2, 0.25) is 5.78 Å². The second kappa shape index (κ2) is 9.76. The molecule has 1 fully saturated rings. The molecular formula is C26H31N3O9. The number of nitrogens with two attached hydrogens (primary N) is 1. The molecule has 3 aliphatic rings. The van der Waals surface area contributed by atoms with Crippen LogP contribution in [0.15, 0.2) is 29.0 Å². The molecule has 204 valence electrons. The molecule has 0 saturated heterocycles. The molecular weight excluding hydrogens is 498 g/mol. The van der Waals surface area contributed by atoms with Crippen molar-refractivity contribution in [2.45, 2.75) is 44.4 Å². The number of fused-ring (bicyclic) bond motifs is 3. The minimum Gasteiger partial charge on any atom is -0.508 e. The first-order valence-electron chi connectivity index (χ1n) is 12.2. The molecule has 1 saturated carbocycles. The lowest BCUT2D eigenvalue weighted by atomic mass is 9.57. The molecule has 0 aliphatic heterocycles. The summed E-state index contributed by atoms with van der Waals surface area (Å²) in [5.74, 6) is -7.11. The molecule has 2 amide bonds. The second-order valence-electron chi connectivity index (χ2n) is 10.0. The van der Waals surface area contributed by atoms with Gasteiger partial charge in [-0.15, -0.1) is 0 Å². The van der Waals surface area contributed by atoms with Crippen LogP contribution in [0.3, 0.4) is 0 Å². The van der Waals surface area contributed by atoms with Crippen molar-refractivity contribution in [2.24, 2.45) is 17.6 Å². The van der Waals surface area contributed by atoms with E-state index in [1.165, 1.54) is 25.1 Å². The highest BCUT2D eigenvalue weighted by atomic mass is 16.5. The van der Waals surface area contributed by atoms with Gasteiger partial charge in [0.05, 0.1) is 18.2 Å². The van der Waals surface area contributed by atoms with Gasteiger partial charge in [-0.25, -0.2) is 4.79 Å². The van der Waals surface area contributed by atoms with Crippen molar-refractivity contribution in [3.05, 3.63) is 45.7 Å². The predicted molar refractivity (Wildman–Crippen MR) is 133 cm³/mol. The van der Waals surface area contributed by atoms with Crippen LogP contribution in [-0.2, 0) is 32.1 Å². The number of likely N-dealkylation sites (N-methyl/N-ethyl adjacent to an activating group) is 1. The number of nitrogens with one attached hydrogen (secondary N) is 1. The van der Waals surface area contributed by atoms with Crippen molar-refractivity contribution in [3.8, 4) is 5.75 Å². The lowest BCUT2D eigenvalue weighted by molar-refractivity contribution is -0.153. The maximum atomic E-state index is 13.8. The minimum absolute atomic E-state index is 0.0200. The van der Waals surface area contributed by atoms with Gasteiger partial charge < -0.3 is 36.2 Å². The fourth-order valence-electron chi connectivity index (χ4n) is 5.89. The van der Waals surface area contributed by atoms with Gasteiger partial charge in [-0.1, -0.05) is 13.0 Å². The van der Waals surface area contributed by atoms with Gasteiger partial charge in [-0.05, 0) is 56.5 Å². The molecule has 7 N–H and O–H groups in total. The van der Waals surface area contributed by atoms with Gasteiger partial charge in [-0.2, -0.15) is 0 Å². The van der Waals surface area contributed by atoms with Crippen LogP contribution in [0.2, 0.25) is 0 Å². The molecule has 0 unspecified atom stereocenters. The number of carbonyl (C=O) groups is 4. The average Bonchev–Trinajstić information content (AvgIpc) is 2.84. The fourth-order valence-corrected chi connectivity index (χ4v) is 5.89. The van der Waals surface area contributed by atoms with Crippen molar-refractivity contribution >= 4 is 29.3 Å². The summed E-state index contributed by atoms with van der Waals surface area (Å²) in [6.45, 7) is 2.12. The van der Waals surface area contributed by atoms with E-state index in [4.69, 9.17) is 10.5 Å². The topological polar surface area (TPSA) is 200 Å². The highest BCUT2D eigenvalue weighted by Crippen LogP contribution is 2.52. The molecule has 12 nitrogen and oxygen atoms in total. The molecule has 0 aromatic heterocycles. The van der Waals surface area contributed by atoms with E-state index in [1.807, 2.05) is 6.92 Å². The van der Waals surface area contributed by atoms with Crippen LogP contribution in [0.5, 0.6) is 5.75 Å². The Hall–Kier alpha value is -3.90. The van der Waals surface area contributed by atoms with Gasteiger partial charge in [0, 0.05) is 18.0 Å². The van der Waals surface area contributed by atoms with E-state index in [0.717, 1.165) is 0 Å². The van der Waals surface area contributed by atoms with Crippen LogP contribution >= 0.6 is 0 Å². The summed E-state index contributed by atoms with van der Waals surface area (Å²) in [6.07, 6.45) is 0.121. The Morgan fingerprint density at radius 2 is 1.89 bits per heavy atom. The maximum absolute atomic E-state index is 13.8. The third kappa shape index (κ3) is 4.00. The molecule has 4 rings (SSSR count). The number of hydrogen-bond donors (Lipinski definition) is 6. The van der Waals surface area contributed by atoms with E-state index in [1.54, 1.807) is 6.07 Å². The number of aliphatic hydroxyl groups is 3. The maximum Gasteiger partial charge on any atom is 0.407 e. The fraction of sp³-hybridized carbons (Fsp3) is 0.462. The number of primary amides is 1. The highest BCUT2D eigenvalue weighted by molar-refractivity contribution is 6.24. The standard InChI is InChI=1S/C26H31N3O9/c1-4-7-38-25(36)28-10-11-5-6-15(30)17-13(11)8-12-9-14-19(29(2)3)21(32)18(24(27)35)23(34)26(14,37)22(33)16(12)20(17)31/h5-6,12,14,19,30-31,34,37H,4,7-10H2,1-3H3,(H2,27,35)(H,28,36)/t12-,14-,19-,26-/m0/s1. The summed E-state index contributed by atoms with van der Waals surface area (Å²) >= 11 is 0. The molecule has 3 aliphatic carbocycles. The van der Waals surface area contributed by atoms with E-state index in [0.29, 0.717) is 17.5 Å². The van der Waals surface area contributed by atoms with Crippen LogP contribution in [-0.4, -0.2) is 81.2 Å². The van der Waals surface area contributed by atoms with E-state index >= 15 is 0 Å². The Morgan fingerprint density at radius 1 is 1.21 bits per heavy atom. The summed E-state index contributed by atoms with van der Waals surface area (Å²) < 4.78 is 5.02. The number of alkyl carbamates (subject to hydrolysis) is 1. The quantitative estimate of drug-likeness (QED) is 0.284. The monoisotopic (exact) mass is 529 g/mol.